The van der Waals surface area contributed by atoms with Crippen molar-refractivity contribution in [3.63, 3.8) is 0 Å². The number of piperidine rings is 1. The first-order valence-electron chi connectivity index (χ1n) is 8.52. The van der Waals surface area contributed by atoms with E-state index in [0.29, 0.717) is 19.5 Å². The molecule has 0 atom stereocenters. The molecule has 0 aliphatic carbocycles. The third kappa shape index (κ3) is 4.73. The number of nitrogens with zero attached hydrogens (tertiary/aromatic N) is 1. The Morgan fingerprint density at radius 1 is 1.21 bits per heavy atom. The Morgan fingerprint density at radius 2 is 1.83 bits per heavy atom. The molecule has 2 amide bonds. The number of rotatable bonds is 4. The fourth-order valence-corrected chi connectivity index (χ4v) is 3.00. The number of benzene rings is 1. The molecular weight excluding hydrogens is 304 g/mol. The van der Waals surface area contributed by atoms with Crippen molar-refractivity contribution < 1.29 is 14.3 Å². The van der Waals surface area contributed by atoms with E-state index >= 15 is 0 Å². The standard InChI is InChI=1S/C19H28N2O3/c1-19(2,3)18(23)21-11-9-15(10-12-21)20-17(22)13-14-7-5-6-8-16(14)24-4/h5-8,15H,9-13H2,1-4H3,(H,20,22). The third-order valence-electron chi connectivity index (χ3n) is 4.33. The summed E-state index contributed by atoms with van der Waals surface area (Å²) in [6.45, 7) is 7.23. The lowest BCUT2D eigenvalue weighted by Crippen LogP contribution is -2.49. The number of carbonyl (C=O) groups is 2. The summed E-state index contributed by atoms with van der Waals surface area (Å²) < 4.78 is 5.28. The normalized spacial score (nSPS) is 15.9. The zero-order chi connectivity index (χ0) is 17.7. The van der Waals surface area contributed by atoms with Crippen LogP contribution in [-0.2, 0) is 16.0 Å². The number of carbonyl (C=O) groups excluding carboxylic acids is 2. The molecule has 0 bridgehead atoms. The molecule has 1 saturated heterocycles. The number of para-hydroxylation sites is 1. The van der Waals surface area contributed by atoms with Crippen LogP contribution in [0.3, 0.4) is 0 Å². The van der Waals surface area contributed by atoms with Gasteiger partial charge in [-0.1, -0.05) is 39.0 Å². The highest BCUT2D eigenvalue weighted by Crippen LogP contribution is 2.21. The summed E-state index contributed by atoms with van der Waals surface area (Å²) in [6.07, 6.45) is 1.92. The van der Waals surface area contributed by atoms with Crippen molar-refractivity contribution in [2.75, 3.05) is 20.2 Å². The van der Waals surface area contributed by atoms with Crippen molar-refractivity contribution in [1.29, 1.82) is 0 Å². The Labute approximate surface area is 144 Å². The lowest BCUT2D eigenvalue weighted by atomic mass is 9.93. The minimum Gasteiger partial charge on any atom is -0.496 e. The molecule has 0 saturated carbocycles. The van der Waals surface area contributed by atoms with Crippen LogP contribution in [0.2, 0.25) is 0 Å². The van der Waals surface area contributed by atoms with Crippen molar-refractivity contribution in [3.8, 4) is 5.75 Å². The number of amides is 2. The second-order valence-corrected chi connectivity index (χ2v) is 7.37. The minimum absolute atomic E-state index is 0.0000907. The van der Waals surface area contributed by atoms with E-state index in [1.54, 1.807) is 7.11 Å². The monoisotopic (exact) mass is 332 g/mol. The second-order valence-electron chi connectivity index (χ2n) is 7.37. The molecule has 0 spiro atoms. The molecule has 1 aromatic carbocycles. The van der Waals surface area contributed by atoms with Gasteiger partial charge in [0, 0.05) is 30.1 Å². The molecule has 1 aliphatic rings. The number of methoxy groups -OCH3 is 1. The van der Waals surface area contributed by atoms with Gasteiger partial charge < -0.3 is 15.0 Å². The van der Waals surface area contributed by atoms with Crippen LogP contribution in [-0.4, -0.2) is 43.0 Å². The molecule has 0 unspecified atom stereocenters. The van der Waals surface area contributed by atoms with Crippen molar-refractivity contribution >= 4 is 11.8 Å². The summed E-state index contributed by atoms with van der Waals surface area (Å²) in [6, 6.07) is 7.70. The number of likely N-dealkylation sites (tertiary alicyclic amines) is 1. The van der Waals surface area contributed by atoms with Gasteiger partial charge in [-0.3, -0.25) is 9.59 Å². The highest BCUT2D eigenvalue weighted by atomic mass is 16.5. The summed E-state index contributed by atoms with van der Waals surface area (Å²) >= 11 is 0. The predicted octanol–water partition coefficient (Wildman–Crippen LogP) is 2.39. The van der Waals surface area contributed by atoms with Gasteiger partial charge in [-0.2, -0.15) is 0 Å². The number of hydrogen-bond acceptors (Lipinski definition) is 3. The highest BCUT2D eigenvalue weighted by Gasteiger charge is 2.30. The van der Waals surface area contributed by atoms with Gasteiger partial charge in [0.25, 0.3) is 0 Å². The van der Waals surface area contributed by atoms with Gasteiger partial charge in [0.15, 0.2) is 0 Å². The summed E-state index contributed by atoms with van der Waals surface area (Å²) in [4.78, 5) is 26.5. The van der Waals surface area contributed by atoms with Crippen LogP contribution < -0.4 is 10.1 Å². The van der Waals surface area contributed by atoms with Gasteiger partial charge in [0.2, 0.25) is 11.8 Å². The lowest BCUT2D eigenvalue weighted by Gasteiger charge is -2.36. The highest BCUT2D eigenvalue weighted by molar-refractivity contribution is 5.82. The van der Waals surface area contributed by atoms with E-state index in [0.717, 1.165) is 24.2 Å². The average molecular weight is 332 g/mol. The topological polar surface area (TPSA) is 58.6 Å². The number of ether oxygens (including phenoxy) is 1. The number of nitrogens with one attached hydrogen (secondary N) is 1. The molecule has 0 aromatic heterocycles. The maximum absolute atomic E-state index is 12.3. The second kappa shape index (κ2) is 7.69. The third-order valence-corrected chi connectivity index (χ3v) is 4.33. The molecule has 1 N–H and O–H groups in total. The molecule has 1 fully saturated rings. The van der Waals surface area contributed by atoms with Crippen LogP contribution in [0.25, 0.3) is 0 Å². The van der Waals surface area contributed by atoms with Gasteiger partial charge in [0.05, 0.1) is 13.5 Å². The Kier molecular flexibility index (Phi) is 5.86. The van der Waals surface area contributed by atoms with Crippen molar-refractivity contribution in [1.82, 2.24) is 10.2 Å². The average Bonchev–Trinajstić information content (AvgIpc) is 2.54. The molecule has 1 aliphatic heterocycles. The summed E-state index contributed by atoms with van der Waals surface area (Å²) in [7, 11) is 1.61. The zero-order valence-corrected chi connectivity index (χ0v) is 15.1. The summed E-state index contributed by atoms with van der Waals surface area (Å²) in [5.41, 5.74) is 0.540. The van der Waals surface area contributed by atoms with E-state index in [1.165, 1.54) is 0 Å². The molecular formula is C19H28N2O3. The predicted molar refractivity (Wildman–Crippen MR) is 93.9 cm³/mol. The first-order valence-corrected chi connectivity index (χ1v) is 8.52. The minimum atomic E-state index is -0.347. The molecule has 5 heteroatoms. The molecule has 132 valence electrons. The Bertz CT molecular complexity index is 585. The van der Waals surface area contributed by atoms with E-state index < -0.39 is 0 Å². The first-order chi connectivity index (χ1) is 11.3. The van der Waals surface area contributed by atoms with Crippen LogP contribution in [0.5, 0.6) is 5.75 Å². The van der Waals surface area contributed by atoms with Gasteiger partial charge in [-0.15, -0.1) is 0 Å². The molecule has 1 heterocycles. The van der Waals surface area contributed by atoms with Gasteiger partial charge in [-0.25, -0.2) is 0 Å². The van der Waals surface area contributed by atoms with Crippen molar-refractivity contribution in [2.45, 2.75) is 46.1 Å². The van der Waals surface area contributed by atoms with E-state index in [1.807, 2.05) is 49.9 Å². The fraction of sp³-hybridized carbons (Fsp3) is 0.579. The van der Waals surface area contributed by atoms with Crippen LogP contribution in [0, 0.1) is 5.41 Å². The molecule has 2 rings (SSSR count). The first kappa shape index (κ1) is 18.3. The zero-order valence-electron chi connectivity index (χ0n) is 15.1. The molecule has 0 radical (unpaired) electrons. The SMILES string of the molecule is COc1ccccc1CC(=O)NC1CCN(C(=O)C(C)(C)C)CC1. The molecule has 24 heavy (non-hydrogen) atoms. The van der Waals surface area contributed by atoms with Crippen LogP contribution in [0.15, 0.2) is 24.3 Å². The largest absolute Gasteiger partial charge is 0.496 e. The van der Waals surface area contributed by atoms with Gasteiger partial charge in [0.1, 0.15) is 5.75 Å². The van der Waals surface area contributed by atoms with Gasteiger partial charge in [-0.05, 0) is 18.9 Å². The quantitative estimate of drug-likeness (QED) is 0.921. The van der Waals surface area contributed by atoms with E-state index in [2.05, 4.69) is 5.32 Å². The van der Waals surface area contributed by atoms with E-state index in [4.69, 9.17) is 4.74 Å². The molecule has 1 aromatic rings. The Hall–Kier alpha value is -2.04. The smallest absolute Gasteiger partial charge is 0.227 e. The lowest BCUT2D eigenvalue weighted by molar-refractivity contribution is -0.140. The summed E-state index contributed by atoms with van der Waals surface area (Å²) in [5, 5.41) is 3.08. The fourth-order valence-electron chi connectivity index (χ4n) is 3.00. The number of hydrogen-bond donors (Lipinski definition) is 1. The van der Waals surface area contributed by atoms with Crippen molar-refractivity contribution in [3.05, 3.63) is 29.8 Å². The molecule has 5 nitrogen and oxygen atoms in total. The van der Waals surface area contributed by atoms with Crippen LogP contribution in [0.4, 0.5) is 0 Å². The van der Waals surface area contributed by atoms with Gasteiger partial charge >= 0.3 is 0 Å². The van der Waals surface area contributed by atoms with E-state index in [9.17, 15) is 9.59 Å². The van der Waals surface area contributed by atoms with Crippen LogP contribution >= 0.6 is 0 Å². The maximum atomic E-state index is 12.3. The summed E-state index contributed by atoms with van der Waals surface area (Å²) in [5.74, 6) is 0.916. The Balaban J connectivity index is 1.83. The van der Waals surface area contributed by atoms with E-state index in [-0.39, 0.29) is 23.3 Å². The van der Waals surface area contributed by atoms with Crippen molar-refractivity contribution in [2.24, 2.45) is 5.41 Å². The van der Waals surface area contributed by atoms with Crippen LogP contribution in [0.1, 0.15) is 39.2 Å². The maximum Gasteiger partial charge on any atom is 0.227 e. The Morgan fingerprint density at radius 3 is 2.42 bits per heavy atom.